The van der Waals surface area contributed by atoms with Gasteiger partial charge in [-0.2, -0.15) is 0 Å². The lowest BCUT2D eigenvalue weighted by Crippen LogP contribution is -2.14. The highest BCUT2D eigenvalue weighted by molar-refractivity contribution is 7.99. The predicted octanol–water partition coefficient (Wildman–Crippen LogP) is 5.35. The number of aromatic nitrogens is 3. The largest absolute Gasteiger partial charge is 0.416 e. The number of para-hydroxylation sites is 1. The fourth-order valence-corrected chi connectivity index (χ4v) is 4.83. The maximum Gasteiger partial charge on any atom is 0.277 e. The summed E-state index contributed by atoms with van der Waals surface area (Å²) in [4.78, 5) is 17.0. The third-order valence-corrected chi connectivity index (χ3v) is 6.64. The van der Waals surface area contributed by atoms with E-state index in [0.29, 0.717) is 17.5 Å². The van der Waals surface area contributed by atoms with Crippen molar-refractivity contribution in [3.63, 3.8) is 0 Å². The molecule has 6 nitrogen and oxygen atoms in total. The molecule has 2 aromatic heterocycles. The van der Waals surface area contributed by atoms with Crippen LogP contribution in [0, 0.1) is 0 Å². The Morgan fingerprint density at radius 1 is 0.968 bits per heavy atom. The molecule has 5 aromatic rings. The Morgan fingerprint density at radius 2 is 1.81 bits per heavy atom. The fraction of sp³-hybridized carbons (Fsp3) is 0.130. The van der Waals surface area contributed by atoms with Crippen molar-refractivity contribution in [2.45, 2.75) is 18.1 Å². The molecule has 0 radical (unpaired) electrons. The molecule has 3 aromatic carbocycles. The van der Waals surface area contributed by atoms with Gasteiger partial charge in [0, 0.05) is 23.9 Å². The van der Waals surface area contributed by atoms with Crippen LogP contribution in [-0.4, -0.2) is 26.8 Å². The number of nitrogens with one attached hydrogen (secondary N) is 1. The van der Waals surface area contributed by atoms with Gasteiger partial charge in [-0.1, -0.05) is 60.3 Å². The quantitative estimate of drug-likeness (QED) is 0.340. The normalized spacial score (nSPS) is 11.2. The average molecular weight is 447 g/mol. The van der Waals surface area contributed by atoms with Crippen molar-refractivity contribution in [2.75, 3.05) is 11.1 Å². The van der Waals surface area contributed by atoms with Crippen LogP contribution in [0.25, 0.3) is 21.0 Å². The lowest BCUT2D eigenvalue weighted by atomic mass is 10.1. The monoisotopic (exact) mass is 446 g/mol. The van der Waals surface area contributed by atoms with Crippen LogP contribution in [0.3, 0.4) is 0 Å². The zero-order chi connectivity index (χ0) is 21.0. The SMILES string of the molecule is O=C(CSc1nnc(CCc2nc3ccccc3s2)o1)Nc1cccc2ccccc12. The molecule has 1 amide bonds. The van der Waals surface area contributed by atoms with Crippen molar-refractivity contribution < 1.29 is 9.21 Å². The zero-order valence-electron chi connectivity index (χ0n) is 16.4. The van der Waals surface area contributed by atoms with E-state index in [1.54, 1.807) is 11.3 Å². The number of aryl methyl sites for hydroxylation is 2. The number of hydrogen-bond acceptors (Lipinski definition) is 7. The van der Waals surface area contributed by atoms with E-state index in [2.05, 4.69) is 26.6 Å². The summed E-state index contributed by atoms with van der Waals surface area (Å²) >= 11 is 2.91. The first-order chi connectivity index (χ1) is 15.2. The Hall–Kier alpha value is -3.23. The number of fused-ring (bicyclic) bond motifs is 2. The highest BCUT2D eigenvalue weighted by Crippen LogP contribution is 2.25. The highest BCUT2D eigenvalue weighted by atomic mass is 32.2. The van der Waals surface area contributed by atoms with E-state index >= 15 is 0 Å². The number of amides is 1. The van der Waals surface area contributed by atoms with Crippen LogP contribution in [0.4, 0.5) is 5.69 Å². The summed E-state index contributed by atoms with van der Waals surface area (Å²) in [5.74, 6) is 0.634. The van der Waals surface area contributed by atoms with E-state index in [1.807, 2.05) is 60.7 Å². The van der Waals surface area contributed by atoms with Crippen molar-refractivity contribution in [3.8, 4) is 0 Å². The van der Waals surface area contributed by atoms with Gasteiger partial charge in [0.05, 0.1) is 21.0 Å². The summed E-state index contributed by atoms with van der Waals surface area (Å²) in [7, 11) is 0. The summed E-state index contributed by atoms with van der Waals surface area (Å²) in [6.45, 7) is 0. The van der Waals surface area contributed by atoms with Gasteiger partial charge < -0.3 is 9.73 Å². The predicted molar refractivity (Wildman–Crippen MR) is 125 cm³/mol. The summed E-state index contributed by atoms with van der Waals surface area (Å²) in [6.07, 6.45) is 1.36. The maximum atomic E-state index is 12.4. The topological polar surface area (TPSA) is 80.9 Å². The lowest BCUT2D eigenvalue weighted by molar-refractivity contribution is -0.113. The Kier molecular flexibility index (Phi) is 5.64. The second-order valence-corrected chi connectivity index (χ2v) is 8.94. The van der Waals surface area contributed by atoms with Gasteiger partial charge in [0.1, 0.15) is 0 Å². The molecule has 0 aliphatic heterocycles. The lowest BCUT2D eigenvalue weighted by Gasteiger charge is -2.07. The minimum atomic E-state index is -0.115. The van der Waals surface area contributed by atoms with Gasteiger partial charge in [-0.3, -0.25) is 4.79 Å². The molecule has 8 heteroatoms. The molecule has 31 heavy (non-hydrogen) atoms. The first-order valence-electron chi connectivity index (χ1n) is 9.82. The van der Waals surface area contributed by atoms with Crippen LogP contribution in [0.1, 0.15) is 10.9 Å². The van der Waals surface area contributed by atoms with Gasteiger partial charge in [0.2, 0.25) is 11.8 Å². The number of benzene rings is 3. The van der Waals surface area contributed by atoms with Crippen LogP contribution in [0.15, 0.2) is 76.4 Å². The fourth-order valence-electron chi connectivity index (χ4n) is 3.29. The van der Waals surface area contributed by atoms with E-state index in [0.717, 1.165) is 33.4 Å². The third-order valence-electron chi connectivity index (χ3n) is 4.73. The first-order valence-corrected chi connectivity index (χ1v) is 11.6. The van der Waals surface area contributed by atoms with Crippen molar-refractivity contribution in [1.29, 1.82) is 0 Å². The number of carbonyl (C=O) groups is 1. The number of thiazole rings is 1. The molecule has 0 spiro atoms. The number of carbonyl (C=O) groups excluding carboxylic acids is 1. The molecule has 0 saturated carbocycles. The summed E-state index contributed by atoms with van der Waals surface area (Å²) in [5, 5.41) is 14.6. The third kappa shape index (κ3) is 4.60. The van der Waals surface area contributed by atoms with Gasteiger partial charge >= 0.3 is 0 Å². The molecule has 0 atom stereocenters. The maximum absolute atomic E-state index is 12.4. The van der Waals surface area contributed by atoms with E-state index < -0.39 is 0 Å². The van der Waals surface area contributed by atoms with E-state index in [4.69, 9.17) is 4.42 Å². The van der Waals surface area contributed by atoms with Crippen molar-refractivity contribution in [3.05, 3.63) is 77.6 Å². The molecule has 5 rings (SSSR count). The highest BCUT2D eigenvalue weighted by Gasteiger charge is 2.12. The van der Waals surface area contributed by atoms with E-state index in [-0.39, 0.29) is 11.7 Å². The molecule has 0 bridgehead atoms. The second kappa shape index (κ2) is 8.87. The van der Waals surface area contributed by atoms with E-state index in [9.17, 15) is 4.79 Å². The Labute approximate surface area is 186 Å². The molecule has 154 valence electrons. The molecular formula is C23H18N4O2S2. The standard InChI is InChI=1S/C23H18N4O2S2/c28-20(24-17-10-5-7-15-6-1-2-8-16(15)17)14-30-23-27-26-21(29-23)12-13-22-25-18-9-3-4-11-19(18)31-22/h1-11H,12-14H2,(H,24,28). The molecule has 2 heterocycles. The molecule has 0 aliphatic carbocycles. The molecule has 0 aliphatic rings. The second-order valence-electron chi connectivity index (χ2n) is 6.90. The first kappa shape index (κ1) is 19.7. The van der Waals surface area contributed by atoms with Crippen LogP contribution in [-0.2, 0) is 17.6 Å². The molecular weight excluding hydrogens is 428 g/mol. The van der Waals surface area contributed by atoms with Crippen LogP contribution < -0.4 is 5.32 Å². The van der Waals surface area contributed by atoms with Gasteiger partial charge in [-0.05, 0) is 23.6 Å². The number of rotatable bonds is 7. The number of hydrogen-bond donors (Lipinski definition) is 1. The summed E-state index contributed by atoms with van der Waals surface area (Å²) in [6, 6.07) is 21.9. The molecule has 1 N–H and O–H groups in total. The minimum absolute atomic E-state index is 0.115. The van der Waals surface area contributed by atoms with Crippen molar-refractivity contribution in [2.24, 2.45) is 0 Å². The number of nitrogens with zero attached hydrogens (tertiary/aromatic N) is 3. The molecule has 0 fully saturated rings. The van der Waals surface area contributed by atoms with Gasteiger partial charge in [0.15, 0.2) is 0 Å². The minimum Gasteiger partial charge on any atom is -0.416 e. The average Bonchev–Trinajstić information content (AvgIpc) is 3.43. The summed E-state index contributed by atoms with van der Waals surface area (Å²) < 4.78 is 6.87. The summed E-state index contributed by atoms with van der Waals surface area (Å²) in [5.41, 5.74) is 1.81. The Morgan fingerprint density at radius 3 is 2.74 bits per heavy atom. The Balaban J connectivity index is 1.15. The van der Waals surface area contributed by atoms with Gasteiger partial charge in [-0.25, -0.2) is 4.98 Å². The zero-order valence-corrected chi connectivity index (χ0v) is 18.1. The molecule has 0 saturated heterocycles. The van der Waals surface area contributed by atoms with Crippen LogP contribution >= 0.6 is 23.1 Å². The smallest absolute Gasteiger partial charge is 0.277 e. The molecule has 0 unspecified atom stereocenters. The van der Waals surface area contributed by atoms with Crippen molar-refractivity contribution >= 4 is 55.7 Å². The van der Waals surface area contributed by atoms with Gasteiger partial charge in [-0.15, -0.1) is 21.5 Å². The van der Waals surface area contributed by atoms with E-state index in [1.165, 1.54) is 16.5 Å². The van der Waals surface area contributed by atoms with Gasteiger partial charge in [0.25, 0.3) is 5.22 Å². The number of anilines is 1. The van der Waals surface area contributed by atoms with Crippen molar-refractivity contribution in [1.82, 2.24) is 15.2 Å². The van der Waals surface area contributed by atoms with Crippen LogP contribution in [0.2, 0.25) is 0 Å². The van der Waals surface area contributed by atoms with Crippen LogP contribution in [0.5, 0.6) is 0 Å². The number of thioether (sulfide) groups is 1. The Bertz CT molecular complexity index is 1320.